The summed E-state index contributed by atoms with van der Waals surface area (Å²) in [6, 6.07) is 1.95. The molecule has 0 aliphatic carbocycles. The van der Waals surface area contributed by atoms with E-state index in [0.717, 1.165) is 35.9 Å². The lowest BCUT2D eigenvalue weighted by Gasteiger charge is -2.08. The highest BCUT2D eigenvalue weighted by Crippen LogP contribution is 2.16. The minimum atomic E-state index is 0.669. The third-order valence-electron chi connectivity index (χ3n) is 3.24. The summed E-state index contributed by atoms with van der Waals surface area (Å²) in [7, 11) is 0. The monoisotopic (exact) mass is 259 g/mol. The van der Waals surface area contributed by atoms with E-state index < -0.39 is 0 Å². The van der Waals surface area contributed by atoms with E-state index in [1.165, 1.54) is 5.56 Å². The van der Waals surface area contributed by atoms with Crippen LogP contribution >= 0.6 is 0 Å². The van der Waals surface area contributed by atoms with Crippen LogP contribution in [0.5, 0.6) is 0 Å². The van der Waals surface area contributed by atoms with Crippen LogP contribution in [0.1, 0.15) is 36.0 Å². The van der Waals surface area contributed by atoms with Gasteiger partial charge < -0.3 is 5.32 Å². The topological polar surface area (TPSA) is 55.6 Å². The van der Waals surface area contributed by atoms with Gasteiger partial charge in [0.1, 0.15) is 0 Å². The van der Waals surface area contributed by atoms with E-state index in [1.54, 1.807) is 0 Å². The number of hydrogen-bond acceptors (Lipinski definition) is 4. The summed E-state index contributed by atoms with van der Waals surface area (Å²) in [6.45, 7) is 11.1. The van der Waals surface area contributed by atoms with Crippen LogP contribution in [0.4, 0.5) is 5.95 Å². The molecule has 0 aliphatic rings. The summed E-state index contributed by atoms with van der Waals surface area (Å²) in [5.74, 6) is 1.49. The molecule has 102 valence electrons. The summed E-state index contributed by atoms with van der Waals surface area (Å²) in [4.78, 5) is 8.93. The van der Waals surface area contributed by atoms with Gasteiger partial charge in [0.2, 0.25) is 5.95 Å². The maximum absolute atomic E-state index is 4.54. The van der Waals surface area contributed by atoms with E-state index in [4.69, 9.17) is 0 Å². The van der Waals surface area contributed by atoms with Crippen LogP contribution in [-0.2, 0) is 0 Å². The van der Waals surface area contributed by atoms with Gasteiger partial charge in [-0.05, 0) is 39.7 Å². The molecule has 0 saturated carbocycles. The first kappa shape index (κ1) is 13.5. The lowest BCUT2D eigenvalue weighted by atomic mass is 10.2. The number of hydrogen-bond donors (Lipinski definition) is 1. The van der Waals surface area contributed by atoms with E-state index in [2.05, 4.69) is 41.2 Å². The van der Waals surface area contributed by atoms with Gasteiger partial charge in [-0.2, -0.15) is 10.1 Å². The van der Waals surface area contributed by atoms with E-state index in [1.807, 2.05) is 24.6 Å². The van der Waals surface area contributed by atoms with E-state index in [9.17, 15) is 0 Å². The number of rotatable bonds is 4. The van der Waals surface area contributed by atoms with Gasteiger partial charge in [0.05, 0.1) is 5.69 Å². The molecule has 1 N–H and O–H groups in total. The molecule has 0 fully saturated rings. The van der Waals surface area contributed by atoms with Crippen LogP contribution in [0.2, 0.25) is 0 Å². The molecular weight excluding hydrogens is 238 g/mol. The Morgan fingerprint density at radius 1 is 1.16 bits per heavy atom. The van der Waals surface area contributed by atoms with Gasteiger partial charge in [-0.15, -0.1) is 0 Å². The third kappa shape index (κ3) is 2.75. The predicted molar refractivity (Wildman–Crippen MR) is 76.9 cm³/mol. The minimum absolute atomic E-state index is 0.669. The first-order valence-corrected chi connectivity index (χ1v) is 6.65. The Kier molecular flexibility index (Phi) is 3.83. The molecule has 0 bridgehead atoms. The van der Waals surface area contributed by atoms with Crippen molar-refractivity contribution >= 4 is 5.95 Å². The summed E-state index contributed by atoms with van der Waals surface area (Å²) in [5, 5.41) is 7.76. The van der Waals surface area contributed by atoms with Crippen molar-refractivity contribution in [3.8, 4) is 5.82 Å². The molecule has 0 aliphatic heterocycles. The van der Waals surface area contributed by atoms with Crippen LogP contribution in [0.25, 0.3) is 5.82 Å². The van der Waals surface area contributed by atoms with Gasteiger partial charge in [-0.3, -0.25) is 0 Å². The molecule has 19 heavy (non-hydrogen) atoms. The molecule has 2 rings (SSSR count). The van der Waals surface area contributed by atoms with E-state index in [0.29, 0.717) is 5.95 Å². The van der Waals surface area contributed by atoms with Crippen LogP contribution in [0, 0.1) is 27.7 Å². The van der Waals surface area contributed by atoms with E-state index in [-0.39, 0.29) is 0 Å². The quantitative estimate of drug-likeness (QED) is 0.917. The van der Waals surface area contributed by atoms with Gasteiger partial charge >= 0.3 is 0 Å². The van der Waals surface area contributed by atoms with Crippen molar-refractivity contribution in [1.29, 1.82) is 0 Å². The molecule has 2 heterocycles. The Morgan fingerprint density at radius 2 is 1.89 bits per heavy atom. The van der Waals surface area contributed by atoms with Crippen molar-refractivity contribution in [2.45, 2.75) is 41.0 Å². The number of aryl methyl sites for hydroxylation is 2. The molecule has 5 nitrogen and oxygen atoms in total. The van der Waals surface area contributed by atoms with Gasteiger partial charge in [-0.25, -0.2) is 9.67 Å². The van der Waals surface area contributed by atoms with Gasteiger partial charge in [-0.1, -0.05) is 6.92 Å². The molecule has 0 saturated heterocycles. The van der Waals surface area contributed by atoms with Crippen molar-refractivity contribution in [1.82, 2.24) is 19.7 Å². The first-order chi connectivity index (χ1) is 9.02. The second-order valence-corrected chi connectivity index (χ2v) is 4.83. The highest BCUT2D eigenvalue weighted by Gasteiger charge is 2.11. The van der Waals surface area contributed by atoms with Crippen molar-refractivity contribution in [3.63, 3.8) is 0 Å². The highest BCUT2D eigenvalue weighted by molar-refractivity contribution is 5.37. The zero-order chi connectivity index (χ0) is 14.0. The fourth-order valence-electron chi connectivity index (χ4n) is 1.92. The fourth-order valence-corrected chi connectivity index (χ4v) is 1.92. The van der Waals surface area contributed by atoms with Gasteiger partial charge in [0.15, 0.2) is 5.82 Å². The normalized spacial score (nSPS) is 10.8. The maximum atomic E-state index is 4.54. The lowest BCUT2D eigenvalue weighted by Crippen LogP contribution is -2.09. The average Bonchev–Trinajstić information content (AvgIpc) is 2.63. The Balaban J connectivity index is 2.43. The Labute approximate surface area is 114 Å². The lowest BCUT2D eigenvalue weighted by molar-refractivity contribution is 0.796. The van der Waals surface area contributed by atoms with Crippen molar-refractivity contribution < 1.29 is 0 Å². The summed E-state index contributed by atoms with van der Waals surface area (Å²) < 4.78 is 1.89. The van der Waals surface area contributed by atoms with Crippen LogP contribution in [-0.4, -0.2) is 26.3 Å². The second kappa shape index (κ2) is 5.38. The number of nitrogens with one attached hydrogen (secondary N) is 1. The van der Waals surface area contributed by atoms with E-state index >= 15 is 0 Å². The fraction of sp³-hybridized carbons (Fsp3) is 0.500. The SMILES string of the molecule is CCCNc1nc(C)cc(-n2nc(C)c(C)c2C)n1. The Morgan fingerprint density at radius 3 is 2.47 bits per heavy atom. The van der Waals surface area contributed by atoms with Crippen LogP contribution < -0.4 is 5.32 Å². The smallest absolute Gasteiger partial charge is 0.224 e. The standard InChI is InChI=1S/C14H21N5/c1-6-7-15-14-16-9(2)8-13(17-14)19-12(5)10(3)11(4)18-19/h8H,6-7H2,1-5H3,(H,15,16,17). The largest absolute Gasteiger partial charge is 0.354 e. The number of anilines is 1. The highest BCUT2D eigenvalue weighted by atomic mass is 15.3. The average molecular weight is 259 g/mol. The maximum Gasteiger partial charge on any atom is 0.224 e. The molecular formula is C14H21N5. The number of nitrogens with zero attached hydrogens (tertiary/aromatic N) is 4. The molecule has 5 heteroatoms. The summed E-state index contributed by atoms with van der Waals surface area (Å²) in [6.07, 6.45) is 1.05. The predicted octanol–water partition coefficient (Wildman–Crippen LogP) is 2.72. The van der Waals surface area contributed by atoms with Gasteiger partial charge in [0.25, 0.3) is 0 Å². The Bertz CT molecular complexity index is 586. The Hall–Kier alpha value is -1.91. The minimum Gasteiger partial charge on any atom is -0.354 e. The van der Waals surface area contributed by atoms with Gasteiger partial charge in [0, 0.05) is 24.0 Å². The van der Waals surface area contributed by atoms with Crippen molar-refractivity contribution in [2.24, 2.45) is 0 Å². The van der Waals surface area contributed by atoms with Crippen LogP contribution in [0.3, 0.4) is 0 Å². The zero-order valence-electron chi connectivity index (χ0n) is 12.3. The summed E-state index contributed by atoms with van der Waals surface area (Å²) in [5.41, 5.74) is 4.31. The molecule has 0 atom stereocenters. The number of aromatic nitrogens is 4. The first-order valence-electron chi connectivity index (χ1n) is 6.65. The molecule has 2 aromatic rings. The third-order valence-corrected chi connectivity index (χ3v) is 3.24. The molecule has 0 aromatic carbocycles. The van der Waals surface area contributed by atoms with Crippen molar-refractivity contribution in [2.75, 3.05) is 11.9 Å². The van der Waals surface area contributed by atoms with Crippen LogP contribution in [0.15, 0.2) is 6.07 Å². The molecule has 2 aromatic heterocycles. The zero-order valence-corrected chi connectivity index (χ0v) is 12.3. The second-order valence-electron chi connectivity index (χ2n) is 4.83. The van der Waals surface area contributed by atoms with Crippen molar-refractivity contribution in [3.05, 3.63) is 28.7 Å². The molecule has 0 unspecified atom stereocenters. The molecule has 0 amide bonds. The molecule has 0 spiro atoms. The summed E-state index contributed by atoms with van der Waals surface area (Å²) >= 11 is 0. The molecule has 0 radical (unpaired) electrons.